The minimum atomic E-state index is -3.13. The van der Waals surface area contributed by atoms with Crippen LogP contribution in [0.5, 0.6) is 0 Å². The molecule has 0 atom stereocenters. The van der Waals surface area contributed by atoms with E-state index in [1.165, 1.54) is 12.1 Å². The minimum absolute atomic E-state index is 0.119. The summed E-state index contributed by atoms with van der Waals surface area (Å²) in [6.07, 6.45) is 0.571. The van der Waals surface area contributed by atoms with Gasteiger partial charge >= 0.3 is 0 Å². The van der Waals surface area contributed by atoms with Crippen LogP contribution in [-0.4, -0.2) is 14.2 Å². The highest BCUT2D eigenvalue weighted by Crippen LogP contribution is 2.13. The zero-order chi connectivity index (χ0) is 12.2. The molecule has 0 radical (unpaired) electrons. The molecule has 5 heteroatoms. The molecule has 0 bridgehead atoms. The third-order valence-electron chi connectivity index (χ3n) is 2.15. The van der Waals surface area contributed by atoms with Crippen molar-refractivity contribution in [3.63, 3.8) is 0 Å². The van der Waals surface area contributed by atoms with Crippen molar-refractivity contribution in [1.82, 2.24) is 0 Å². The molecule has 3 nitrogen and oxygen atoms in total. The first kappa shape index (κ1) is 13.1. The molecule has 0 saturated heterocycles. The Morgan fingerprint density at radius 1 is 1.25 bits per heavy atom. The first-order valence-corrected chi connectivity index (χ1v) is 6.98. The van der Waals surface area contributed by atoms with E-state index in [2.05, 4.69) is 0 Å². The van der Waals surface area contributed by atoms with Gasteiger partial charge in [0.15, 0.2) is 9.84 Å². The van der Waals surface area contributed by atoms with Crippen molar-refractivity contribution in [2.75, 3.05) is 5.75 Å². The van der Waals surface area contributed by atoms with Crippen LogP contribution in [-0.2, 0) is 22.1 Å². The van der Waals surface area contributed by atoms with E-state index in [0.717, 1.165) is 0 Å². The minimum Gasteiger partial charge on any atom is -0.326 e. The van der Waals surface area contributed by atoms with Crippen molar-refractivity contribution in [3.8, 4) is 0 Å². The topological polar surface area (TPSA) is 60.2 Å². The Bertz CT molecular complexity index is 457. The molecular weight excluding hydrogens is 229 g/mol. The molecule has 90 valence electrons. The predicted molar refractivity (Wildman–Crippen MR) is 62.1 cm³/mol. The predicted octanol–water partition coefficient (Wildman–Crippen LogP) is 1.61. The summed E-state index contributed by atoms with van der Waals surface area (Å²) < 4.78 is 36.2. The van der Waals surface area contributed by atoms with Gasteiger partial charge in [-0.25, -0.2) is 12.8 Å². The molecule has 0 unspecified atom stereocenters. The van der Waals surface area contributed by atoms with E-state index in [9.17, 15) is 12.8 Å². The third kappa shape index (κ3) is 3.90. The summed E-state index contributed by atoms with van der Waals surface area (Å²) in [6, 6.07) is 4.19. The van der Waals surface area contributed by atoms with Gasteiger partial charge < -0.3 is 5.73 Å². The summed E-state index contributed by atoms with van der Waals surface area (Å²) in [6.45, 7) is 2.01. The smallest absolute Gasteiger partial charge is 0.154 e. The van der Waals surface area contributed by atoms with Crippen molar-refractivity contribution >= 4 is 9.84 Å². The number of nitrogens with two attached hydrogens (primary N) is 1. The van der Waals surface area contributed by atoms with Crippen molar-refractivity contribution < 1.29 is 12.8 Å². The first-order valence-electron chi connectivity index (χ1n) is 5.15. The second-order valence-corrected chi connectivity index (χ2v) is 5.95. The highest BCUT2D eigenvalue weighted by Gasteiger charge is 2.11. The zero-order valence-electron chi connectivity index (χ0n) is 9.24. The lowest BCUT2D eigenvalue weighted by Gasteiger charge is -2.05. The highest BCUT2D eigenvalue weighted by molar-refractivity contribution is 7.90. The number of hydrogen-bond acceptors (Lipinski definition) is 3. The van der Waals surface area contributed by atoms with Crippen LogP contribution in [0.4, 0.5) is 4.39 Å². The van der Waals surface area contributed by atoms with Gasteiger partial charge in [0.25, 0.3) is 0 Å². The number of hydrogen-bond donors (Lipinski definition) is 1. The molecule has 1 aromatic rings. The summed E-state index contributed by atoms with van der Waals surface area (Å²) in [5, 5.41) is 0. The van der Waals surface area contributed by atoms with Gasteiger partial charge in [0.2, 0.25) is 0 Å². The van der Waals surface area contributed by atoms with Crippen LogP contribution in [0.15, 0.2) is 18.2 Å². The van der Waals surface area contributed by atoms with E-state index < -0.39 is 15.7 Å². The molecule has 0 saturated carbocycles. The Labute approximate surface area is 95.4 Å². The summed E-state index contributed by atoms with van der Waals surface area (Å²) in [7, 11) is -3.13. The standard InChI is InChI=1S/C11H16FNO2S/c1-2-3-16(14,15)8-10-4-9(7-13)5-11(12)6-10/h4-6H,2-3,7-8,13H2,1H3. The molecular formula is C11H16FNO2S. The van der Waals surface area contributed by atoms with Gasteiger partial charge in [0.1, 0.15) is 5.82 Å². The Hall–Kier alpha value is -0.940. The van der Waals surface area contributed by atoms with Crippen LogP contribution in [0.1, 0.15) is 24.5 Å². The van der Waals surface area contributed by atoms with Crippen LogP contribution in [0.3, 0.4) is 0 Å². The van der Waals surface area contributed by atoms with Crippen LogP contribution in [0.2, 0.25) is 0 Å². The van der Waals surface area contributed by atoms with Gasteiger partial charge in [0, 0.05) is 6.54 Å². The fraction of sp³-hybridized carbons (Fsp3) is 0.455. The van der Waals surface area contributed by atoms with Crippen LogP contribution in [0, 0.1) is 5.82 Å². The van der Waals surface area contributed by atoms with Crippen LogP contribution in [0.25, 0.3) is 0 Å². The van der Waals surface area contributed by atoms with Gasteiger partial charge in [-0.2, -0.15) is 0 Å². The SMILES string of the molecule is CCCS(=O)(=O)Cc1cc(F)cc(CN)c1. The lowest BCUT2D eigenvalue weighted by atomic mass is 10.1. The van der Waals surface area contributed by atoms with Gasteiger partial charge in [-0.3, -0.25) is 0 Å². The van der Waals surface area contributed by atoms with E-state index in [4.69, 9.17) is 5.73 Å². The van der Waals surface area contributed by atoms with Crippen molar-refractivity contribution in [1.29, 1.82) is 0 Å². The van der Waals surface area contributed by atoms with Gasteiger partial charge in [-0.1, -0.05) is 13.0 Å². The average Bonchev–Trinajstić information content (AvgIpc) is 2.15. The number of benzene rings is 1. The lowest BCUT2D eigenvalue weighted by Crippen LogP contribution is -2.09. The van der Waals surface area contributed by atoms with Crippen molar-refractivity contribution in [2.24, 2.45) is 5.73 Å². The largest absolute Gasteiger partial charge is 0.326 e. The molecule has 1 rings (SSSR count). The number of rotatable bonds is 5. The molecule has 2 N–H and O–H groups in total. The van der Waals surface area contributed by atoms with Crippen molar-refractivity contribution in [2.45, 2.75) is 25.6 Å². The van der Waals surface area contributed by atoms with Gasteiger partial charge in [-0.15, -0.1) is 0 Å². The molecule has 0 aliphatic rings. The molecule has 0 aromatic heterocycles. The quantitative estimate of drug-likeness (QED) is 0.857. The zero-order valence-corrected chi connectivity index (χ0v) is 10.1. The van der Waals surface area contributed by atoms with Gasteiger partial charge in [0.05, 0.1) is 11.5 Å². The van der Waals surface area contributed by atoms with E-state index in [1.54, 1.807) is 13.0 Å². The normalized spacial score (nSPS) is 11.7. The van der Waals surface area contributed by atoms with Crippen LogP contribution >= 0.6 is 0 Å². The summed E-state index contributed by atoms with van der Waals surface area (Å²) >= 11 is 0. The fourth-order valence-electron chi connectivity index (χ4n) is 1.56. The number of halogens is 1. The van der Waals surface area contributed by atoms with Gasteiger partial charge in [-0.05, 0) is 29.7 Å². The van der Waals surface area contributed by atoms with E-state index in [-0.39, 0.29) is 18.1 Å². The summed E-state index contributed by atoms with van der Waals surface area (Å²) in [5.74, 6) is -0.433. The maximum atomic E-state index is 13.1. The maximum absolute atomic E-state index is 13.1. The Balaban J connectivity index is 2.93. The summed E-state index contributed by atoms with van der Waals surface area (Å²) in [5.41, 5.74) is 6.47. The van der Waals surface area contributed by atoms with Crippen LogP contribution < -0.4 is 5.73 Å². The molecule has 0 fully saturated rings. The fourth-order valence-corrected chi connectivity index (χ4v) is 3.00. The van der Waals surface area contributed by atoms with Crippen molar-refractivity contribution in [3.05, 3.63) is 35.1 Å². The van der Waals surface area contributed by atoms with E-state index in [1.807, 2.05) is 0 Å². The first-order chi connectivity index (χ1) is 7.46. The second-order valence-electron chi connectivity index (χ2n) is 3.76. The third-order valence-corrected chi connectivity index (χ3v) is 3.96. The molecule has 0 aliphatic carbocycles. The molecule has 0 spiro atoms. The Morgan fingerprint density at radius 2 is 1.88 bits per heavy atom. The Kier molecular flexibility index (Phi) is 4.44. The van der Waals surface area contributed by atoms with E-state index >= 15 is 0 Å². The molecule has 16 heavy (non-hydrogen) atoms. The number of sulfone groups is 1. The lowest BCUT2D eigenvalue weighted by molar-refractivity contribution is 0.593. The maximum Gasteiger partial charge on any atom is 0.154 e. The average molecular weight is 245 g/mol. The second kappa shape index (κ2) is 5.41. The summed E-state index contributed by atoms with van der Waals surface area (Å²) in [4.78, 5) is 0. The molecule has 1 aromatic carbocycles. The Morgan fingerprint density at radius 3 is 2.44 bits per heavy atom. The monoisotopic (exact) mass is 245 g/mol. The van der Waals surface area contributed by atoms with E-state index in [0.29, 0.717) is 17.5 Å². The molecule has 0 amide bonds. The highest BCUT2D eigenvalue weighted by atomic mass is 32.2. The molecule has 0 aliphatic heterocycles. The molecule has 0 heterocycles.